The van der Waals surface area contributed by atoms with Crippen LogP contribution in [-0.4, -0.2) is 29.2 Å². The van der Waals surface area contributed by atoms with Gasteiger partial charge in [-0.25, -0.2) is 0 Å². The number of nitrogens with zero attached hydrogens (tertiary/aromatic N) is 1. The van der Waals surface area contributed by atoms with E-state index in [9.17, 15) is 4.79 Å². The summed E-state index contributed by atoms with van der Waals surface area (Å²) in [4.78, 5) is 12.6. The van der Waals surface area contributed by atoms with E-state index in [-0.39, 0.29) is 17.8 Å². The first-order chi connectivity index (χ1) is 5.13. The molecule has 11 heavy (non-hydrogen) atoms. The number of amides is 1. The van der Waals surface area contributed by atoms with Crippen LogP contribution in [0.2, 0.25) is 0 Å². The molecule has 0 radical (unpaired) electrons. The maximum atomic E-state index is 10.9. The Morgan fingerprint density at radius 1 is 1.73 bits per heavy atom. The summed E-state index contributed by atoms with van der Waals surface area (Å²) >= 11 is 0. The van der Waals surface area contributed by atoms with E-state index in [1.165, 1.54) is 6.92 Å². The van der Waals surface area contributed by atoms with Crippen molar-refractivity contribution in [3.8, 4) is 0 Å². The number of carbonyl (C=O) groups excluding carboxylic acids is 1. The second-order valence-electron chi connectivity index (χ2n) is 2.83. The molecule has 0 saturated carbocycles. The van der Waals surface area contributed by atoms with Crippen molar-refractivity contribution in [2.24, 2.45) is 5.73 Å². The SMILES string of the molecule is CC(=O)N1CCC[C@@H]1C(=N)N. The van der Waals surface area contributed by atoms with Crippen LogP contribution < -0.4 is 5.73 Å². The van der Waals surface area contributed by atoms with E-state index in [0.717, 1.165) is 19.4 Å². The van der Waals surface area contributed by atoms with Gasteiger partial charge >= 0.3 is 0 Å². The first kappa shape index (κ1) is 8.04. The third-order valence-corrected chi connectivity index (χ3v) is 2.02. The monoisotopic (exact) mass is 155 g/mol. The molecule has 0 aromatic carbocycles. The van der Waals surface area contributed by atoms with Crippen molar-refractivity contribution in [2.75, 3.05) is 6.54 Å². The Hall–Kier alpha value is -1.06. The maximum Gasteiger partial charge on any atom is 0.220 e. The third kappa shape index (κ3) is 1.50. The topological polar surface area (TPSA) is 70.2 Å². The lowest BCUT2D eigenvalue weighted by molar-refractivity contribution is -0.128. The molecule has 0 aromatic heterocycles. The molecule has 0 aliphatic carbocycles. The van der Waals surface area contributed by atoms with E-state index < -0.39 is 0 Å². The Labute approximate surface area is 65.9 Å². The zero-order chi connectivity index (χ0) is 8.43. The number of hydrogen-bond donors (Lipinski definition) is 2. The Balaban J connectivity index is 2.65. The molecule has 0 unspecified atom stereocenters. The van der Waals surface area contributed by atoms with Crippen molar-refractivity contribution >= 4 is 11.7 Å². The summed E-state index contributed by atoms with van der Waals surface area (Å²) in [7, 11) is 0. The number of carbonyl (C=O) groups is 1. The average Bonchev–Trinajstić information content (AvgIpc) is 2.32. The fraction of sp³-hybridized carbons (Fsp3) is 0.714. The van der Waals surface area contributed by atoms with Crippen molar-refractivity contribution in [2.45, 2.75) is 25.8 Å². The van der Waals surface area contributed by atoms with Gasteiger partial charge in [-0.05, 0) is 12.8 Å². The lowest BCUT2D eigenvalue weighted by Gasteiger charge is -2.21. The molecule has 1 amide bonds. The Morgan fingerprint density at radius 3 is 2.73 bits per heavy atom. The summed E-state index contributed by atoms with van der Waals surface area (Å²) in [5.74, 6) is 0.125. The predicted molar refractivity (Wildman–Crippen MR) is 42.3 cm³/mol. The summed E-state index contributed by atoms with van der Waals surface area (Å²) in [6.07, 6.45) is 1.80. The smallest absolute Gasteiger partial charge is 0.220 e. The van der Waals surface area contributed by atoms with Crippen molar-refractivity contribution in [3.63, 3.8) is 0 Å². The zero-order valence-electron chi connectivity index (χ0n) is 6.63. The van der Waals surface area contributed by atoms with E-state index in [1.54, 1.807) is 4.90 Å². The minimum atomic E-state index is -0.132. The molecular formula is C7H13N3O. The molecule has 1 aliphatic rings. The van der Waals surface area contributed by atoms with E-state index in [1.807, 2.05) is 0 Å². The van der Waals surface area contributed by atoms with Gasteiger partial charge in [-0.3, -0.25) is 10.2 Å². The molecular weight excluding hydrogens is 142 g/mol. The van der Waals surface area contributed by atoms with E-state index in [4.69, 9.17) is 11.1 Å². The van der Waals surface area contributed by atoms with Gasteiger partial charge in [0.2, 0.25) is 5.91 Å². The van der Waals surface area contributed by atoms with Gasteiger partial charge in [-0.1, -0.05) is 0 Å². The number of nitrogens with one attached hydrogen (secondary N) is 1. The second kappa shape index (κ2) is 2.90. The fourth-order valence-corrected chi connectivity index (χ4v) is 1.47. The highest BCUT2D eigenvalue weighted by molar-refractivity contribution is 5.88. The Bertz CT molecular complexity index is 170. The number of hydrogen-bond acceptors (Lipinski definition) is 2. The first-order valence-electron chi connectivity index (χ1n) is 3.74. The van der Waals surface area contributed by atoms with E-state index in [2.05, 4.69) is 0 Å². The van der Waals surface area contributed by atoms with Crippen LogP contribution in [0.5, 0.6) is 0 Å². The number of rotatable bonds is 1. The van der Waals surface area contributed by atoms with Crippen LogP contribution in [0.15, 0.2) is 0 Å². The molecule has 4 nitrogen and oxygen atoms in total. The molecule has 0 spiro atoms. The lowest BCUT2D eigenvalue weighted by Crippen LogP contribution is -2.42. The Kier molecular flexibility index (Phi) is 2.12. The van der Waals surface area contributed by atoms with Gasteiger partial charge < -0.3 is 10.6 Å². The number of likely N-dealkylation sites (tertiary alicyclic amines) is 1. The number of amidine groups is 1. The fourth-order valence-electron chi connectivity index (χ4n) is 1.47. The minimum absolute atomic E-state index is 0.0164. The summed E-state index contributed by atoms with van der Waals surface area (Å²) in [5, 5.41) is 7.20. The largest absolute Gasteiger partial charge is 0.386 e. The summed E-state index contributed by atoms with van der Waals surface area (Å²) in [5.41, 5.74) is 5.32. The van der Waals surface area contributed by atoms with Crippen molar-refractivity contribution in [1.82, 2.24) is 4.90 Å². The molecule has 0 bridgehead atoms. The van der Waals surface area contributed by atoms with E-state index in [0.29, 0.717) is 0 Å². The van der Waals surface area contributed by atoms with Gasteiger partial charge in [0.25, 0.3) is 0 Å². The van der Waals surface area contributed by atoms with Gasteiger partial charge in [-0.2, -0.15) is 0 Å². The van der Waals surface area contributed by atoms with Crippen LogP contribution in [0.25, 0.3) is 0 Å². The molecule has 4 heteroatoms. The van der Waals surface area contributed by atoms with Gasteiger partial charge in [-0.15, -0.1) is 0 Å². The molecule has 3 N–H and O–H groups in total. The minimum Gasteiger partial charge on any atom is -0.386 e. The normalized spacial score (nSPS) is 23.7. The lowest BCUT2D eigenvalue weighted by atomic mass is 10.2. The molecule has 1 rings (SSSR count). The highest BCUT2D eigenvalue weighted by atomic mass is 16.2. The molecule has 1 saturated heterocycles. The highest BCUT2D eigenvalue weighted by Crippen LogP contribution is 2.16. The van der Waals surface area contributed by atoms with Crippen molar-refractivity contribution in [1.29, 1.82) is 5.41 Å². The first-order valence-corrected chi connectivity index (χ1v) is 3.74. The summed E-state index contributed by atoms with van der Waals surface area (Å²) < 4.78 is 0. The summed E-state index contributed by atoms with van der Waals surface area (Å²) in [6, 6.07) is -0.132. The highest BCUT2D eigenvalue weighted by Gasteiger charge is 2.28. The van der Waals surface area contributed by atoms with Crippen LogP contribution >= 0.6 is 0 Å². The van der Waals surface area contributed by atoms with Crippen LogP contribution in [0.4, 0.5) is 0 Å². The third-order valence-electron chi connectivity index (χ3n) is 2.02. The van der Waals surface area contributed by atoms with Gasteiger partial charge in [0.15, 0.2) is 0 Å². The van der Waals surface area contributed by atoms with Crippen molar-refractivity contribution in [3.05, 3.63) is 0 Å². The van der Waals surface area contributed by atoms with Crippen LogP contribution in [0, 0.1) is 5.41 Å². The maximum absolute atomic E-state index is 10.9. The predicted octanol–water partition coefficient (Wildman–Crippen LogP) is -0.0667. The quantitative estimate of drug-likeness (QED) is 0.411. The van der Waals surface area contributed by atoms with Gasteiger partial charge in [0.1, 0.15) is 5.84 Å². The molecule has 62 valence electrons. The van der Waals surface area contributed by atoms with Gasteiger partial charge in [0, 0.05) is 13.5 Å². The second-order valence-corrected chi connectivity index (χ2v) is 2.83. The van der Waals surface area contributed by atoms with Crippen molar-refractivity contribution < 1.29 is 4.79 Å². The standard InChI is InChI=1S/C7H13N3O/c1-5(11)10-4-2-3-6(10)7(8)9/h6H,2-4H2,1H3,(H3,8,9)/t6-/m1/s1. The molecule has 1 aliphatic heterocycles. The van der Waals surface area contributed by atoms with Crippen LogP contribution in [0.1, 0.15) is 19.8 Å². The van der Waals surface area contributed by atoms with Crippen LogP contribution in [0.3, 0.4) is 0 Å². The average molecular weight is 155 g/mol. The van der Waals surface area contributed by atoms with Crippen LogP contribution in [-0.2, 0) is 4.79 Å². The molecule has 1 heterocycles. The molecule has 1 atom stereocenters. The zero-order valence-corrected chi connectivity index (χ0v) is 6.63. The van der Waals surface area contributed by atoms with E-state index >= 15 is 0 Å². The number of nitrogens with two attached hydrogens (primary N) is 1. The molecule has 1 fully saturated rings. The molecule has 0 aromatic rings. The Morgan fingerprint density at radius 2 is 2.36 bits per heavy atom. The van der Waals surface area contributed by atoms with Gasteiger partial charge in [0.05, 0.1) is 6.04 Å². The summed E-state index contributed by atoms with van der Waals surface area (Å²) in [6.45, 7) is 2.26.